The lowest BCUT2D eigenvalue weighted by Gasteiger charge is -2.07. The molecule has 0 radical (unpaired) electrons. The Balaban J connectivity index is 1.66. The van der Waals surface area contributed by atoms with Gasteiger partial charge < -0.3 is 10.6 Å². The maximum absolute atomic E-state index is 8.85. The summed E-state index contributed by atoms with van der Waals surface area (Å²) in [4.78, 5) is 12.4. The van der Waals surface area contributed by atoms with Crippen molar-refractivity contribution in [2.45, 2.75) is 19.9 Å². The van der Waals surface area contributed by atoms with E-state index in [1.807, 2.05) is 31.3 Å². The number of rotatable bonds is 7. The lowest BCUT2D eigenvalue weighted by molar-refractivity contribution is 0.660. The SMILES string of the molecule is Cc1cc(C#N)nc(NCCCNCc2cccnc2)n1. The summed E-state index contributed by atoms with van der Waals surface area (Å²) in [6, 6.07) is 7.67. The number of aryl methyl sites for hydroxylation is 1. The van der Waals surface area contributed by atoms with Crippen molar-refractivity contribution in [2.24, 2.45) is 0 Å². The summed E-state index contributed by atoms with van der Waals surface area (Å²) < 4.78 is 0. The van der Waals surface area contributed by atoms with Crippen molar-refractivity contribution < 1.29 is 0 Å². The van der Waals surface area contributed by atoms with Crippen LogP contribution in [0.4, 0.5) is 5.95 Å². The van der Waals surface area contributed by atoms with Gasteiger partial charge in [0.15, 0.2) is 0 Å². The number of nitrogens with zero attached hydrogens (tertiary/aromatic N) is 4. The van der Waals surface area contributed by atoms with Gasteiger partial charge in [-0.15, -0.1) is 0 Å². The molecule has 2 heterocycles. The number of nitrogens with one attached hydrogen (secondary N) is 2. The minimum absolute atomic E-state index is 0.389. The highest BCUT2D eigenvalue weighted by Gasteiger charge is 2.00. The van der Waals surface area contributed by atoms with E-state index in [1.165, 1.54) is 5.56 Å². The molecule has 6 heteroatoms. The molecule has 0 unspecified atom stereocenters. The van der Waals surface area contributed by atoms with Crippen LogP contribution in [0.3, 0.4) is 0 Å². The Morgan fingerprint density at radius 2 is 2.19 bits per heavy atom. The van der Waals surface area contributed by atoms with Gasteiger partial charge in [0, 0.05) is 31.2 Å². The Hall–Kier alpha value is -2.52. The van der Waals surface area contributed by atoms with Gasteiger partial charge in [0.05, 0.1) is 0 Å². The van der Waals surface area contributed by atoms with E-state index in [9.17, 15) is 0 Å². The quantitative estimate of drug-likeness (QED) is 0.751. The van der Waals surface area contributed by atoms with Crippen LogP contribution in [0, 0.1) is 18.3 Å². The minimum Gasteiger partial charge on any atom is -0.354 e. The van der Waals surface area contributed by atoms with E-state index in [4.69, 9.17) is 5.26 Å². The van der Waals surface area contributed by atoms with Crippen molar-refractivity contribution in [1.82, 2.24) is 20.3 Å². The van der Waals surface area contributed by atoms with Gasteiger partial charge in [-0.25, -0.2) is 9.97 Å². The molecule has 0 atom stereocenters. The zero-order valence-corrected chi connectivity index (χ0v) is 12.0. The van der Waals surface area contributed by atoms with Crippen LogP contribution in [0.5, 0.6) is 0 Å². The molecule has 0 spiro atoms. The first-order valence-electron chi connectivity index (χ1n) is 6.87. The predicted molar refractivity (Wildman–Crippen MR) is 80.5 cm³/mol. The second-order valence-electron chi connectivity index (χ2n) is 4.65. The van der Waals surface area contributed by atoms with Crippen molar-refractivity contribution in [2.75, 3.05) is 18.4 Å². The Labute approximate surface area is 124 Å². The van der Waals surface area contributed by atoms with Gasteiger partial charge in [-0.3, -0.25) is 4.98 Å². The summed E-state index contributed by atoms with van der Waals surface area (Å²) in [5, 5.41) is 15.3. The molecule has 0 aliphatic rings. The highest BCUT2D eigenvalue weighted by atomic mass is 15.1. The largest absolute Gasteiger partial charge is 0.354 e. The zero-order valence-electron chi connectivity index (χ0n) is 12.0. The number of aromatic nitrogens is 3. The van der Waals surface area contributed by atoms with Crippen LogP contribution in [0.15, 0.2) is 30.6 Å². The normalized spacial score (nSPS) is 10.1. The van der Waals surface area contributed by atoms with Crippen LogP contribution in [0.25, 0.3) is 0 Å². The van der Waals surface area contributed by atoms with E-state index in [2.05, 4.69) is 25.6 Å². The monoisotopic (exact) mass is 282 g/mol. The first-order valence-corrected chi connectivity index (χ1v) is 6.87. The highest BCUT2D eigenvalue weighted by Crippen LogP contribution is 2.03. The molecule has 6 nitrogen and oxygen atoms in total. The fourth-order valence-corrected chi connectivity index (χ4v) is 1.85. The summed E-state index contributed by atoms with van der Waals surface area (Å²) in [5.74, 6) is 0.513. The fourth-order valence-electron chi connectivity index (χ4n) is 1.85. The first-order chi connectivity index (χ1) is 10.3. The first kappa shape index (κ1) is 14.9. The van der Waals surface area contributed by atoms with E-state index in [1.54, 1.807) is 12.3 Å². The minimum atomic E-state index is 0.389. The van der Waals surface area contributed by atoms with E-state index >= 15 is 0 Å². The highest BCUT2D eigenvalue weighted by molar-refractivity contribution is 5.32. The molecule has 2 aromatic heterocycles. The van der Waals surface area contributed by atoms with Crippen molar-refractivity contribution in [1.29, 1.82) is 5.26 Å². The van der Waals surface area contributed by atoms with Gasteiger partial charge in [0.1, 0.15) is 11.8 Å². The third kappa shape index (κ3) is 5.16. The molecule has 0 amide bonds. The van der Waals surface area contributed by atoms with Crippen LogP contribution in [0.2, 0.25) is 0 Å². The van der Waals surface area contributed by atoms with Crippen LogP contribution < -0.4 is 10.6 Å². The van der Waals surface area contributed by atoms with Gasteiger partial charge in [0.25, 0.3) is 0 Å². The molecule has 2 N–H and O–H groups in total. The van der Waals surface area contributed by atoms with E-state index in [0.29, 0.717) is 11.6 Å². The van der Waals surface area contributed by atoms with E-state index < -0.39 is 0 Å². The molecule has 21 heavy (non-hydrogen) atoms. The smallest absolute Gasteiger partial charge is 0.224 e. The number of hydrogen-bond acceptors (Lipinski definition) is 6. The van der Waals surface area contributed by atoms with Crippen molar-refractivity contribution in [3.05, 3.63) is 47.5 Å². The molecule has 0 saturated carbocycles. The molecule has 0 aliphatic heterocycles. The molecule has 0 saturated heterocycles. The third-order valence-corrected chi connectivity index (χ3v) is 2.83. The Kier molecular flexibility index (Phi) is 5.61. The number of pyridine rings is 1. The molecular weight excluding hydrogens is 264 g/mol. The zero-order chi connectivity index (χ0) is 14.9. The van der Waals surface area contributed by atoms with Gasteiger partial charge in [0.2, 0.25) is 5.95 Å². The summed E-state index contributed by atoms with van der Waals surface area (Å²) in [5.41, 5.74) is 2.35. The molecule has 0 fully saturated rings. The summed E-state index contributed by atoms with van der Waals surface area (Å²) >= 11 is 0. The average Bonchev–Trinajstić information content (AvgIpc) is 2.51. The molecule has 0 bridgehead atoms. The average molecular weight is 282 g/mol. The maximum Gasteiger partial charge on any atom is 0.224 e. The maximum atomic E-state index is 8.85. The second kappa shape index (κ2) is 7.92. The molecule has 0 aromatic carbocycles. The predicted octanol–water partition coefficient (Wildman–Crippen LogP) is 1.64. The van der Waals surface area contributed by atoms with Gasteiger partial charge in [-0.2, -0.15) is 5.26 Å². The summed E-state index contributed by atoms with van der Waals surface area (Å²) in [6.45, 7) is 4.31. The van der Waals surface area contributed by atoms with Gasteiger partial charge in [-0.1, -0.05) is 6.07 Å². The van der Waals surface area contributed by atoms with Crippen LogP contribution in [0.1, 0.15) is 23.4 Å². The van der Waals surface area contributed by atoms with Crippen molar-refractivity contribution >= 4 is 5.95 Å². The van der Waals surface area contributed by atoms with E-state index in [0.717, 1.165) is 31.7 Å². The molecule has 2 rings (SSSR count). The lowest BCUT2D eigenvalue weighted by atomic mass is 10.3. The molecular formula is C15H18N6. The topological polar surface area (TPSA) is 86.5 Å². The fraction of sp³-hybridized carbons (Fsp3) is 0.333. The van der Waals surface area contributed by atoms with Crippen LogP contribution >= 0.6 is 0 Å². The molecule has 108 valence electrons. The Morgan fingerprint density at radius 3 is 2.95 bits per heavy atom. The standard InChI is InChI=1S/C15H18N6/c1-12-8-14(9-16)21-15(20-12)19-7-3-6-18-11-13-4-2-5-17-10-13/h2,4-5,8,10,18H,3,6-7,11H2,1H3,(H,19,20,21). The Morgan fingerprint density at radius 1 is 1.29 bits per heavy atom. The molecule has 0 aliphatic carbocycles. The van der Waals surface area contributed by atoms with Gasteiger partial charge >= 0.3 is 0 Å². The van der Waals surface area contributed by atoms with Crippen LogP contribution in [-0.4, -0.2) is 28.0 Å². The van der Waals surface area contributed by atoms with Crippen LogP contribution in [-0.2, 0) is 6.54 Å². The molecule has 2 aromatic rings. The van der Waals surface area contributed by atoms with E-state index in [-0.39, 0.29) is 0 Å². The third-order valence-electron chi connectivity index (χ3n) is 2.83. The summed E-state index contributed by atoms with van der Waals surface area (Å²) in [6.07, 6.45) is 4.57. The van der Waals surface area contributed by atoms with Crippen molar-refractivity contribution in [3.8, 4) is 6.07 Å². The second-order valence-corrected chi connectivity index (χ2v) is 4.65. The number of hydrogen-bond donors (Lipinski definition) is 2. The Bertz CT molecular complexity index is 605. The number of anilines is 1. The lowest BCUT2D eigenvalue weighted by Crippen LogP contribution is -2.18. The summed E-state index contributed by atoms with van der Waals surface area (Å²) in [7, 11) is 0. The van der Waals surface area contributed by atoms with Gasteiger partial charge in [-0.05, 0) is 37.6 Å². The number of nitriles is 1. The van der Waals surface area contributed by atoms with Crippen molar-refractivity contribution in [3.63, 3.8) is 0 Å².